The zero-order valence-corrected chi connectivity index (χ0v) is 12.6. The third-order valence-electron chi connectivity index (χ3n) is 5.05. The van der Waals surface area contributed by atoms with E-state index in [4.69, 9.17) is 14.2 Å². The molecule has 3 aliphatic rings. The maximum absolute atomic E-state index is 12.7. The maximum atomic E-state index is 12.7. The third-order valence-corrected chi connectivity index (χ3v) is 5.05. The second-order valence-corrected chi connectivity index (χ2v) is 5.85. The van der Waals surface area contributed by atoms with E-state index in [0.29, 0.717) is 36.8 Å². The first kappa shape index (κ1) is 14.8. The Hall–Kier alpha value is -2.11. The minimum absolute atomic E-state index is 0.00648. The normalized spacial score (nSPS) is 32.9. The van der Waals surface area contributed by atoms with E-state index in [9.17, 15) is 14.4 Å². The van der Waals surface area contributed by atoms with Crippen LogP contribution < -0.4 is 0 Å². The van der Waals surface area contributed by atoms with Gasteiger partial charge in [0.15, 0.2) is 0 Å². The number of rotatable bonds is 2. The number of hydrogen-bond donors (Lipinski definition) is 0. The van der Waals surface area contributed by atoms with Crippen molar-refractivity contribution in [3.05, 3.63) is 23.7 Å². The van der Waals surface area contributed by atoms with Crippen molar-refractivity contribution in [3.8, 4) is 0 Å². The zero-order valence-electron chi connectivity index (χ0n) is 12.6. The Morgan fingerprint density at radius 1 is 1.18 bits per heavy atom. The lowest BCUT2D eigenvalue weighted by Gasteiger charge is -2.36. The van der Waals surface area contributed by atoms with Crippen molar-refractivity contribution < 1.29 is 28.6 Å². The minimum Gasteiger partial charge on any atom is -0.473 e. The van der Waals surface area contributed by atoms with Crippen LogP contribution in [0, 0.1) is 17.3 Å². The number of carbonyl (C=O) groups excluding carboxylic acids is 3. The van der Waals surface area contributed by atoms with Gasteiger partial charge < -0.3 is 14.2 Å². The first-order valence-electron chi connectivity index (χ1n) is 7.30. The molecule has 2 bridgehead atoms. The Bertz CT molecular complexity index is 602. The highest BCUT2D eigenvalue weighted by Gasteiger charge is 2.65. The molecule has 3 atom stereocenters. The van der Waals surface area contributed by atoms with E-state index in [1.54, 1.807) is 0 Å². The molecule has 2 saturated carbocycles. The Labute approximate surface area is 128 Å². The van der Waals surface area contributed by atoms with Crippen LogP contribution in [0.4, 0.5) is 0 Å². The van der Waals surface area contributed by atoms with Gasteiger partial charge in [0.25, 0.3) is 0 Å². The first-order chi connectivity index (χ1) is 10.6. The van der Waals surface area contributed by atoms with Crippen LogP contribution >= 0.6 is 0 Å². The minimum atomic E-state index is -1.32. The van der Waals surface area contributed by atoms with Crippen molar-refractivity contribution in [3.63, 3.8) is 0 Å². The lowest BCUT2D eigenvalue weighted by Crippen LogP contribution is -2.49. The van der Waals surface area contributed by atoms with Crippen LogP contribution in [-0.2, 0) is 28.6 Å². The first-order valence-corrected chi connectivity index (χ1v) is 7.30. The van der Waals surface area contributed by atoms with E-state index < -0.39 is 29.2 Å². The number of fused-ring (bicyclic) bond motifs is 1. The number of hydrogen-bond acceptors (Lipinski definition) is 6. The molecule has 0 aromatic heterocycles. The molecule has 118 valence electrons. The van der Waals surface area contributed by atoms with Crippen molar-refractivity contribution in [1.29, 1.82) is 0 Å². The molecular formula is C16H18O6. The number of ketones is 1. The van der Waals surface area contributed by atoms with Gasteiger partial charge in [-0.2, -0.15) is 0 Å². The second-order valence-electron chi connectivity index (χ2n) is 5.85. The summed E-state index contributed by atoms with van der Waals surface area (Å²) in [5, 5.41) is 0. The largest absolute Gasteiger partial charge is 0.473 e. The molecule has 2 aliphatic carbocycles. The van der Waals surface area contributed by atoms with Crippen LogP contribution in [0.15, 0.2) is 23.7 Å². The number of Topliss-reactive ketones (excluding diaryl/α,β-unsaturated/α-hetero) is 1. The van der Waals surface area contributed by atoms with Crippen molar-refractivity contribution in [1.82, 2.24) is 0 Å². The highest BCUT2D eigenvalue weighted by molar-refractivity contribution is 5.98. The fraction of sp³-hybridized carbons (Fsp3) is 0.562. The highest BCUT2D eigenvalue weighted by Crippen LogP contribution is 2.59. The van der Waals surface area contributed by atoms with E-state index >= 15 is 0 Å². The average Bonchev–Trinajstić information content (AvgIpc) is 2.74. The molecule has 2 fully saturated rings. The van der Waals surface area contributed by atoms with Crippen molar-refractivity contribution in [2.75, 3.05) is 14.2 Å². The number of methoxy groups -OCH3 is 2. The molecule has 0 unspecified atom stereocenters. The summed E-state index contributed by atoms with van der Waals surface area (Å²) in [7, 11) is 2.56. The highest BCUT2D eigenvalue weighted by atomic mass is 16.5. The molecule has 0 aromatic carbocycles. The van der Waals surface area contributed by atoms with E-state index in [1.807, 2.05) is 0 Å². The van der Waals surface area contributed by atoms with Gasteiger partial charge in [0.1, 0.15) is 17.1 Å². The summed E-state index contributed by atoms with van der Waals surface area (Å²) in [6.45, 7) is 0. The monoisotopic (exact) mass is 306 g/mol. The SMILES string of the molecule is COC(=O)[C@H]1C2=COC=C3CC[C@@H](C(=O)CC2)[C@]31C(=O)OC. The van der Waals surface area contributed by atoms with Gasteiger partial charge in [-0.1, -0.05) is 0 Å². The number of carbonyl (C=O) groups is 3. The van der Waals surface area contributed by atoms with Crippen LogP contribution in [0.5, 0.6) is 0 Å². The average molecular weight is 306 g/mol. The lowest BCUT2D eigenvalue weighted by molar-refractivity contribution is -0.165. The Balaban J connectivity index is 2.29. The molecule has 0 amide bonds. The molecule has 0 N–H and O–H groups in total. The lowest BCUT2D eigenvalue weighted by atomic mass is 9.64. The molecule has 6 heteroatoms. The van der Waals surface area contributed by atoms with Crippen molar-refractivity contribution >= 4 is 17.7 Å². The Kier molecular flexibility index (Phi) is 3.54. The van der Waals surface area contributed by atoms with Crippen LogP contribution in [0.2, 0.25) is 0 Å². The summed E-state index contributed by atoms with van der Waals surface area (Å²) in [5.41, 5.74) is -0.0694. The smallest absolute Gasteiger partial charge is 0.318 e. The van der Waals surface area contributed by atoms with Gasteiger partial charge in [0, 0.05) is 12.3 Å². The fourth-order valence-corrected chi connectivity index (χ4v) is 4.14. The van der Waals surface area contributed by atoms with E-state index in [2.05, 4.69) is 0 Å². The summed E-state index contributed by atoms with van der Waals surface area (Å²) in [6, 6.07) is 0. The molecule has 1 aliphatic heterocycles. The van der Waals surface area contributed by atoms with Crippen LogP contribution in [-0.4, -0.2) is 31.9 Å². The maximum Gasteiger partial charge on any atom is 0.318 e. The van der Waals surface area contributed by atoms with Gasteiger partial charge in [-0.05, 0) is 30.4 Å². The molecule has 0 aromatic rings. The predicted molar refractivity (Wildman–Crippen MR) is 74.2 cm³/mol. The fourth-order valence-electron chi connectivity index (χ4n) is 4.14. The summed E-state index contributed by atoms with van der Waals surface area (Å²) in [5.74, 6) is -2.54. The van der Waals surface area contributed by atoms with Crippen LogP contribution in [0.25, 0.3) is 0 Å². The Morgan fingerprint density at radius 3 is 2.64 bits per heavy atom. The van der Waals surface area contributed by atoms with E-state index in [-0.39, 0.29) is 5.78 Å². The van der Waals surface area contributed by atoms with Gasteiger partial charge in [-0.25, -0.2) is 0 Å². The molecule has 3 rings (SSSR count). The summed E-state index contributed by atoms with van der Waals surface area (Å²) >= 11 is 0. The number of esters is 2. The molecule has 0 saturated heterocycles. The predicted octanol–water partition coefficient (Wildman–Crippen LogP) is 1.51. The van der Waals surface area contributed by atoms with E-state index in [1.165, 1.54) is 26.7 Å². The number of ether oxygens (including phenoxy) is 3. The van der Waals surface area contributed by atoms with Crippen molar-refractivity contribution in [2.24, 2.45) is 17.3 Å². The molecule has 22 heavy (non-hydrogen) atoms. The molecule has 1 heterocycles. The summed E-state index contributed by atoms with van der Waals surface area (Å²) < 4.78 is 15.4. The van der Waals surface area contributed by atoms with Crippen LogP contribution in [0.3, 0.4) is 0 Å². The standard InChI is InChI=1S/C16H18O6/c1-20-14(18)13-9-3-6-12(17)11-5-4-10(8-22-7-9)16(11,13)15(19)21-2/h7-8,11,13H,3-6H2,1-2H3/t11-,13+,16+/m0/s1. The van der Waals surface area contributed by atoms with Gasteiger partial charge in [0.2, 0.25) is 0 Å². The second kappa shape index (κ2) is 5.26. The molecule has 0 spiro atoms. The quantitative estimate of drug-likeness (QED) is 0.719. The van der Waals surface area contributed by atoms with Gasteiger partial charge in [-0.15, -0.1) is 0 Å². The summed E-state index contributed by atoms with van der Waals surface area (Å²) in [4.78, 5) is 37.8. The third kappa shape index (κ3) is 1.76. The van der Waals surface area contributed by atoms with Crippen molar-refractivity contribution in [2.45, 2.75) is 25.7 Å². The van der Waals surface area contributed by atoms with Crippen LogP contribution in [0.1, 0.15) is 25.7 Å². The van der Waals surface area contributed by atoms with Gasteiger partial charge in [-0.3, -0.25) is 14.4 Å². The molecule has 0 radical (unpaired) electrons. The topological polar surface area (TPSA) is 78.9 Å². The van der Waals surface area contributed by atoms with E-state index in [0.717, 1.165) is 0 Å². The zero-order chi connectivity index (χ0) is 15.9. The van der Waals surface area contributed by atoms with Gasteiger partial charge >= 0.3 is 11.9 Å². The Morgan fingerprint density at radius 2 is 1.95 bits per heavy atom. The molecular weight excluding hydrogens is 288 g/mol. The summed E-state index contributed by atoms with van der Waals surface area (Å²) in [6.07, 6.45) is 4.67. The molecule has 6 nitrogen and oxygen atoms in total. The van der Waals surface area contributed by atoms with Gasteiger partial charge in [0.05, 0.1) is 26.7 Å².